The van der Waals surface area contributed by atoms with Crippen molar-refractivity contribution in [3.8, 4) is 11.1 Å². The van der Waals surface area contributed by atoms with Gasteiger partial charge in [0.25, 0.3) is 5.69 Å². The Morgan fingerprint density at radius 2 is 1.82 bits per heavy atom. The third kappa shape index (κ3) is 2.20. The predicted octanol–water partition coefficient (Wildman–Crippen LogP) is 3.07. The van der Waals surface area contributed by atoms with Gasteiger partial charge in [0.05, 0.1) is 4.92 Å². The Morgan fingerprint density at radius 3 is 2.53 bits per heavy atom. The van der Waals surface area contributed by atoms with Crippen molar-refractivity contribution in [2.45, 2.75) is 0 Å². The van der Waals surface area contributed by atoms with Gasteiger partial charge in [0.15, 0.2) is 6.29 Å². The number of rotatable bonds is 3. The van der Waals surface area contributed by atoms with Gasteiger partial charge in [-0.25, -0.2) is 0 Å². The van der Waals surface area contributed by atoms with Crippen molar-refractivity contribution in [1.82, 2.24) is 0 Å². The molecule has 0 heterocycles. The maximum absolute atomic E-state index is 10.9. The highest BCUT2D eigenvalue weighted by atomic mass is 16.6. The molecule has 0 bridgehead atoms. The average molecular weight is 227 g/mol. The van der Waals surface area contributed by atoms with E-state index in [2.05, 4.69) is 0 Å². The van der Waals surface area contributed by atoms with E-state index in [-0.39, 0.29) is 5.69 Å². The summed E-state index contributed by atoms with van der Waals surface area (Å²) in [5.74, 6) is 0. The summed E-state index contributed by atoms with van der Waals surface area (Å²) in [6.45, 7) is 0. The largest absolute Gasteiger partial charge is 0.298 e. The fourth-order valence-electron chi connectivity index (χ4n) is 1.65. The zero-order valence-electron chi connectivity index (χ0n) is 8.87. The molecule has 0 amide bonds. The number of nitro benzene ring substituents is 1. The van der Waals surface area contributed by atoms with E-state index < -0.39 is 4.92 Å². The number of nitro groups is 1. The fourth-order valence-corrected chi connectivity index (χ4v) is 1.65. The zero-order chi connectivity index (χ0) is 12.3. The van der Waals surface area contributed by atoms with Crippen molar-refractivity contribution in [2.24, 2.45) is 0 Å². The second-order valence-corrected chi connectivity index (χ2v) is 3.51. The molecular formula is C13H9NO3. The fraction of sp³-hybridized carbons (Fsp3) is 0. The summed E-state index contributed by atoms with van der Waals surface area (Å²) >= 11 is 0. The molecule has 0 aliphatic heterocycles. The minimum atomic E-state index is -0.451. The molecule has 2 rings (SSSR count). The van der Waals surface area contributed by atoms with Crippen molar-refractivity contribution in [3.05, 3.63) is 64.2 Å². The Labute approximate surface area is 97.7 Å². The maximum atomic E-state index is 10.9. The molecule has 0 aliphatic rings. The van der Waals surface area contributed by atoms with Gasteiger partial charge in [0, 0.05) is 17.7 Å². The number of non-ortho nitro benzene ring substituents is 1. The molecule has 0 atom stereocenters. The number of nitrogens with zero attached hydrogens (tertiary/aromatic N) is 1. The van der Waals surface area contributed by atoms with Crippen molar-refractivity contribution < 1.29 is 9.72 Å². The molecule has 0 N–H and O–H groups in total. The van der Waals surface area contributed by atoms with Crippen LogP contribution in [0.3, 0.4) is 0 Å². The molecular weight excluding hydrogens is 218 g/mol. The van der Waals surface area contributed by atoms with Crippen molar-refractivity contribution in [3.63, 3.8) is 0 Å². The summed E-state index contributed by atoms with van der Waals surface area (Å²) in [7, 11) is 0. The Balaban J connectivity index is 2.56. The quantitative estimate of drug-likeness (QED) is 0.460. The molecule has 4 heteroatoms. The average Bonchev–Trinajstić information content (AvgIpc) is 2.39. The Kier molecular flexibility index (Phi) is 2.96. The third-order valence-electron chi connectivity index (χ3n) is 2.46. The molecule has 2 aromatic rings. The number of benzene rings is 2. The lowest BCUT2D eigenvalue weighted by Crippen LogP contribution is -1.90. The van der Waals surface area contributed by atoms with Crippen LogP contribution in [0.2, 0.25) is 0 Å². The smallest absolute Gasteiger partial charge is 0.270 e. The van der Waals surface area contributed by atoms with Crippen LogP contribution in [0.1, 0.15) is 10.4 Å². The Morgan fingerprint density at radius 1 is 1.06 bits per heavy atom. The van der Waals surface area contributed by atoms with Crippen LogP contribution in [0.15, 0.2) is 48.5 Å². The topological polar surface area (TPSA) is 60.2 Å². The Hall–Kier alpha value is -2.49. The van der Waals surface area contributed by atoms with E-state index in [1.807, 2.05) is 0 Å². The summed E-state index contributed by atoms with van der Waals surface area (Å²) in [5, 5.41) is 10.7. The first-order valence-corrected chi connectivity index (χ1v) is 5.01. The Bertz CT molecular complexity index is 578. The van der Waals surface area contributed by atoms with Crippen LogP contribution >= 0.6 is 0 Å². The molecule has 17 heavy (non-hydrogen) atoms. The van der Waals surface area contributed by atoms with Crippen LogP contribution in [0.5, 0.6) is 0 Å². The summed E-state index contributed by atoms with van der Waals surface area (Å²) in [4.78, 5) is 21.1. The predicted molar refractivity (Wildman–Crippen MR) is 63.9 cm³/mol. The van der Waals surface area contributed by atoms with E-state index in [4.69, 9.17) is 0 Å². The standard InChI is InChI=1S/C13H9NO3/c15-9-11-4-1-2-7-13(11)10-5-3-6-12(8-10)14(16)17/h1-9H. The molecule has 0 aliphatic carbocycles. The van der Waals surface area contributed by atoms with Gasteiger partial charge in [-0.2, -0.15) is 0 Å². The summed E-state index contributed by atoms with van der Waals surface area (Å²) in [6.07, 6.45) is 0.744. The minimum Gasteiger partial charge on any atom is -0.298 e. The van der Waals surface area contributed by atoms with Crippen LogP contribution in [0, 0.1) is 10.1 Å². The van der Waals surface area contributed by atoms with Gasteiger partial charge in [-0.1, -0.05) is 36.4 Å². The lowest BCUT2D eigenvalue weighted by molar-refractivity contribution is -0.384. The third-order valence-corrected chi connectivity index (χ3v) is 2.46. The van der Waals surface area contributed by atoms with Crippen LogP contribution < -0.4 is 0 Å². The monoisotopic (exact) mass is 227 g/mol. The van der Waals surface area contributed by atoms with Gasteiger partial charge in [-0.3, -0.25) is 14.9 Å². The number of carbonyl (C=O) groups excluding carboxylic acids is 1. The SMILES string of the molecule is O=Cc1ccccc1-c1cccc([N+](=O)[O-])c1. The lowest BCUT2D eigenvalue weighted by atomic mass is 10.0. The second-order valence-electron chi connectivity index (χ2n) is 3.51. The van der Waals surface area contributed by atoms with Gasteiger partial charge in [-0.15, -0.1) is 0 Å². The van der Waals surface area contributed by atoms with E-state index in [0.717, 1.165) is 6.29 Å². The number of hydrogen-bond donors (Lipinski definition) is 0. The number of aldehydes is 1. The normalized spacial score (nSPS) is 9.88. The van der Waals surface area contributed by atoms with Crippen molar-refractivity contribution in [2.75, 3.05) is 0 Å². The van der Waals surface area contributed by atoms with E-state index in [1.165, 1.54) is 12.1 Å². The summed E-state index contributed by atoms with van der Waals surface area (Å²) in [6, 6.07) is 13.2. The molecule has 0 saturated heterocycles. The van der Waals surface area contributed by atoms with Gasteiger partial charge >= 0.3 is 0 Å². The van der Waals surface area contributed by atoms with Gasteiger partial charge in [-0.05, 0) is 11.1 Å². The first-order chi connectivity index (χ1) is 8.22. The van der Waals surface area contributed by atoms with Gasteiger partial charge in [0.2, 0.25) is 0 Å². The highest BCUT2D eigenvalue weighted by Crippen LogP contribution is 2.25. The second kappa shape index (κ2) is 4.57. The van der Waals surface area contributed by atoms with Crippen LogP contribution in [-0.4, -0.2) is 11.2 Å². The van der Waals surface area contributed by atoms with Crippen LogP contribution in [0.25, 0.3) is 11.1 Å². The highest BCUT2D eigenvalue weighted by molar-refractivity contribution is 5.87. The highest BCUT2D eigenvalue weighted by Gasteiger charge is 2.09. The first-order valence-electron chi connectivity index (χ1n) is 5.01. The summed E-state index contributed by atoms with van der Waals surface area (Å²) in [5.41, 5.74) is 1.91. The molecule has 0 fully saturated rings. The zero-order valence-corrected chi connectivity index (χ0v) is 8.87. The molecule has 84 valence electrons. The molecule has 2 aromatic carbocycles. The van der Waals surface area contributed by atoms with Crippen LogP contribution in [-0.2, 0) is 0 Å². The van der Waals surface area contributed by atoms with E-state index in [9.17, 15) is 14.9 Å². The van der Waals surface area contributed by atoms with Gasteiger partial charge in [0.1, 0.15) is 0 Å². The van der Waals surface area contributed by atoms with E-state index in [0.29, 0.717) is 16.7 Å². The van der Waals surface area contributed by atoms with Crippen molar-refractivity contribution >= 4 is 12.0 Å². The molecule has 0 unspecified atom stereocenters. The minimum absolute atomic E-state index is 0.0169. The van der Waals surface area contributed by atoms with Crippen molar-refractivity contribution in [1.29, 1.82) is 0 Å². The van der Waals surface area contributed by atoms with E-state index >= 15 is 0 Å². The molecule has 4 nitrogen and oxygen atoms in total. The lowest BCUT2D eigenvalue weighted by Gasteiger charge is -2.04. The molecule has 0 spiro atoms. The molecule has 0 saturated carbocycles. The number of hydrogen-bond acceptors (Lipinski definition) is 3. The first kappa shape index (κ1) is 11.0. The summed E-state index contributed by atoms with van der Waals surface area (Å²) < 4.78 is 0. The van der Waals surface area contributed by atoms with Crippen LogP contribution in [0.4, 0.5) is 5.69 Å². The molecule has 0 radical (unpaired) electrons. The van der Waals surface area contributed by atoms with E-state index in [1.54, 1.807) is 36.4 Å². The number of carbonyl (C=O) groups is 1. The molecule has 0 aromatic heterocycles. The maximum Gasteiger partial charge on any atom is 0.270 e. The van der Waals surface area contributed by atoms with Gasteiger partial charge < -0.3 is 0 Å².